The number of Topliss-reactive ketones (excluding diaryl/α,β-unsaturated/α-hetero) is 1. The molecular weight excluding hydrogens is 404 g/mol. The van der Waals surface area contributed by atoms with E-state index in [1.165, 1.54) is 6.92 Å². The number of methoxy groups -OCH3 is 1. The fourth-order valence-corrected chi connectivity index (χ4v) is 3.20. The number of nitrogens with zero attached hydrogens (tertiary/aromatic N) is 2. The lowest BCUT2D eigenvalue weighted by Crippen LogP contribution is -2.32. The number of rotatable bonds is 10. The van der Waals surface area contributed by atoms with Gasteiger partial charge < -0.3 is 14.2 Å². The van der Waals surface area contributed by atoms with Crippen molar-refractivity contribution in [1.82, 2.24) is 9.78 Å². The zero-order chi connectivity index (χ0) is 23.3. The molecule has 0 unspecified atom stereocenters. The monoisotopic (exact) mass is 436 g/mol. The van der Waals surface area contributed by atoms with Crippen LogP contribution in [0.5, 0.6) is 11.5 Å². The minimum absolute atomic E-state index is 0.0234. The summed E-state index contributed by atoms with van der Waals surface area (Å²) >= 11 is 0. The zero-order valence-electron chi connectivity index (χ0n) is 19.7. The van der Waals surface area contributed by atoms with Gasteiger partial charge in [-0.1, -0.05) is 30.3 Å². The van der Waals surface area contributed by atoms with E-state index in [1.54, 1.807) is 21.0 Å². The average molecular weight is 437 g/mol. The quantitative estimate of drug-likeness (QED) is 0.433. The predicted octanol–water partition coefficient (Wildman–Crippen LogP) is 5.28. The van der Waals surface area contributed by atoms with E-state index in [2.05, 4.69) is 0 Å². The van der Waals surface area contributed by atoms with Crippen molar-refractivity contribution in [2.45, 2.75) is 59.5 Å². The third-order valence-corrected chi connectivity index (χ3v) is 5.28. The van der Waals surface area contributed by atoms with Crippen molar-refractivity contribution in [3.05, 3.63) is 65.9 Å². The summed E-state index contributed by atoms with van der Waals surface area (Å²) in [6.45, 7) is 9.87. The highest BCUT2D eigenvalue weighted by Crippen LogP contribution is 2.28. The van der Waals surface area contributed by atoms with Gasteiger partial charge in [0.25, 0.3) is 0 Å². The number of carbonyl (C=O) groups is 1. The first-order chi connectivity index (χ1) is 15.2. The molecule has 0 aliphatic carbocycles. The van der Waals surface area contributed by atoms with Crippen molar-refractivity contribution in [1.29, 1.82) is 0 Å². The maximum absolute atomic E-state index is 11.8. The summed E-state index contributed by atoms with van der Waals surface area (Å²) < 4.78 is 19.2. The molecule has 170 valence electrons. The molecule has 0 fully saturated rings. The van der Waals surface area contributed by atoms with E-state index in [0.717, 1.165) is 34.0 Å². The lowest BCUT2D eigenvalue weighted by Gasteiger charge is -2.21. The summed E-state index contributed by atoms with van der Waals surface area (Å²) in [4.78, 5) is 11.8. The Balaban J connectivity index is 1.98. The minimum atomic E-state index is -0.863. The average Bonchev–Trinajstić information content (AvgIpc) is 3.16. The summed E-state index contributed by atoms with van der Waals surface area (Å²) in [6, 6.07) is 17.9. The van der Waals surface area contributed by atoms with Gasteiger partial charge in [0, 0.05) is 11.1 Å². The van der Waals surface area contributed by atoms with Crippen molar-refractivity contribution in [2.24, 2.45) is 0 Å². The Bertz CT molecular complexity index is 1070. The van der Waals surface area contributed by atoms with Crippen molar-refractivity contribution < 1.29 is 19.0 Å². The largest absolute Gasteiger partial charge is 0.497 e. The minimum Gasteiger partial charge on any atom is -0.497 e. The smallest absolute Gasteiger partial charge is 0.161 e. The van der Waals surface area contributed by atoms with Gasteiger partial charge in [-0.15, -0.1) is 0 Å². The molecule has 0 spiro atoms. The first-order valence-corrected chi connectivity index (χ1v) is 10.8. The molecule has 0 aliphatic rings. The molecule has 32 heavy (non-hydrogen) atoms. The van der Waals surface area contributed by atoms with Gasteiger partial charge in [0.1, 0.15) is 17.1 Å². The number of para-hydroxylation sites is 1. The molecular formula is C26H32N2O4. The fourth-order valence-electron chi connectivity index (χ4n) is 3.20. The van der Waals surface area contributed by atoms with Crippen LogP contribution in [0.3, 0.4) is 0 Å². The van der Waals surface area contributed by atoms with E-state index in [4.69, 9.17) is 19.3 Å². The zero-order valence-corrected chi connectivity index (χ0v) is 19.7. The molecule has 2 aromatic carbocycles. The third kappa shape index (κ3) is 5.77. The summed E-state index contributed by atoms with van der Waals surface area (Å²) in [6.07, 6.45) is 0.0735. The molecule has 0 saturated carbocycles. The highest BCUT2D eigenvalue weighted by Gasteiger charge is 2.25. The highest BCUT2D eigenvalue weighted by atomic mass is 16.5. The lowest BCUT2D eigenvalue weighted by atomic mass is 10.1. The Morgan fingerprint density at radius 1 is 1.09 bits per heavy atom. The SMILES string of the molecule is COc1cccc(-c2cc(COC(C)(C)C(C)=O)nn2Cc2ccccc2OC(C)C)c1. The van der Waals surface area contributed by atoms with E-state index in [-0.39, 0.29) is 18.5 Å². The van der Waals surface area contributed by atoms with Gasteiger partial charge in [-0.25, -0.2) is 0 Å². The van der Waals surface area contributed by atoms with E-state index in [9.17, 15) is 4.79 Å². The van der Waals surface area contributed by atoms with Gasteiger partial charge in [0.2, 0.25) is 0 Å². The van der Waals surface area contributed by atoms with Crippen molar-refractivity contribution in [3.63, 3.8) is 0 Å². The number of aromatic nitrogens is 2. The number of ether oxygens (including phenoxy) is 3. The van der Waals surface area contributed by atoms with Gasteiger partial charge in [0.15, 0.2) is 5.78 Å². The Hall–Kier alpha value is -3.12. The molecule has 0 amide bonds. The number of hydrogen-bond donors (Lipinski definition) is 0. The molecule has 6 heteroatoms. The van der Waals surface area contributed by atoms with Crippen LogP contribution in [0.25, 0.3) is 11.3 Å². The molecule has 0 bridgehead atoms. The van der Waals surface area contributed by atoms with E-state index < -0.39 is 5.60 Å². The fraction of sp³-hybridized carbons (Fsp3) is 0.385. The van der Waals surface area contributed by atoms with Gasteiger partial charge in [0.05, 0.1) is 37.8 Å². The van der Waals surface area contributed by atoms with Crippen LogP contribution in [0.1, 0.15) is 45.9 Å². The van der Waals surface area contributed by atoms with Crippen molar-refractivity contribution in [3.8, 4) is 22.8 Å². The second-order valence-corrected chi connectivity index (χ2v) is 8.54. The molecule has 1 aromatic heterocycles. The number of carbonyl (C=O) groups excluding carboxylic acids is 1. The summed E-state index contributed by atoms with van der Waals surface area (Å²) in [5.74, 6) is 1.59. The van der Waals surface area contributed by atoms with Gasteiger partial charge >= 0.3 is 0 Å². The topological polar surface area (TPSA) is 62.6 Å². The Labute approximate surface area is 190 Å². The summed E-state index contributed by atoms with van der Waals surface area (Å²) in [7, 11) is 1.65. The van der Waals surface area contributed by atoms with E-state index >= 15 is 0 Å². The molecule has 3 rings (SSSR count). The van der Waals surface area contributed by atoms with Crippen LogP contribution in [0, 0.1) is 0 Å². The van der Waals surface area contributed by atoms with Gasteiger partial charge in [-0.05, 0) is 58.9 Å². The standard InChI is InChI=1S/C26H32N2O4/c1-18(2)32-25-13-8-7-10-21(25)16-28-24(20-11-9-12-23(14-20)30-6)15-22(27-28)17-31-26(4,5)19(3)29/h7-15,18H,16-17H2,1-6H3. The van der Waals surface area contributed by atoms with Crippen LogP contribution in [-0.4, -0.2) is 34.4 Å². The first kappa shape index (κ1) is 23.5. The molecule has 1 heterocycles. The van der Waals surface area contributed by atoms with Crippen LogP contribution >= 0.6 is 0 Å². The molecule has 0 aliphatic heterocycles. The van der Waals surface area contributed by atoms with Crippen LogP contribution < -0.4 is 9.47 Å². The maximum Gasteiger partial charge on any atom is 0.161 e. The second-order valence-electron chi connectivity index (χ2n) is 8.54. The Morgan fingerprint density at radius 3 is 2.53 bits per heavy atom. The van der Waals surface area contributed by atoms with Gasteiger partial charge in [-0.3, -0.25) is 9.48 Å². The van der Waals surface area contributed by atoms with Crippen LogP contribution in [0.2, 0.25) is 0 Å². The number of benzene rings is 2. The highest BCUT2D eigenvalue weighted by molar-refractivity contribution is 5.83. The summed E-state index contributed by atoms with van der Waals surface area (Å²) in [5.41, 5.74) is 2.83. The molecule has 0 atom stereocenters. The third-order valence-electron chi connectivity index (χ3n) is 5.28. The number of ketones is 1. The Kier molecular flexibility index (Phi) is 7.36. The maximum atomic E-state index is 11.8. The normalized spacial score (nSPS) is 11.6. The van der Waals surface area contributed by atoms with E-state index in [0.29, 0.717) is 6.54 Å². The molecule has 0 saturated heterocycles. The predicted molar refractivity (Wildman–Crippen MR) is 125 cm³/mol. The number of hydrogen-bond acceptors (Lipinski definition) is 5. The van der Waals surface area contributed by atoms with Crippen LogP contribution in [0.15, 0.2) is 54.6 Å². The van der Waals surface area contributed by atoms with E-state index in [1.807, 2.05) is 73.1 Å². The van der Waals surface area contributed by atoms with Gasteiger partial charge in [-0.2, -0.15) is 5.10 Å². The summed E-state index contributed by atoms with van der Waals surface area (Å²) in [5, 5.41) is 4.80. The van der Waals surface area contributed by atoms with Crippen LogP contribution in [-0.2, 0) is 22.7 Å². The van der Waals surface area contributed by atoms with Crippen LogP contribution in [0.4, 0.5) is 0 Å². The van der Waals surface area contributed by atoms with Crippen molar-refractivity contribution >= 4 is 5.78 Å². The molecule has 3 aromatic rings. The first-order valence-electron chi connectivity index (χ1n) is 10.8. The molecule has 0 N–H and O–H groups in total. The van der Waals surface area contributed by atoms with Crippen molar-refractivity contribution in [2.75, 3.05) is 7.11 Å². The lowest BCUT2D eigenvalue weighted by molar-refractivity contribution is -0.139. The molecule has 6 nitrogen and oxygen atoms in total. The second kappa shape index (κ2) is 10.0. The Morgan fingerprint density at radius 2 is 1.84 bits per heavy atom. The molecule has 0 radical (unpaired) electrons.